The Bertz CT molecular complexity index is 441. The van der Waals surface area contributed by atoms with E-state index < -0.39 is 0 Å². The minimum atomic E-state index is -0.177. The van der Waals surface area contributed by atoms with Crippen molar-refractivity contribution in [2.75, 3.05) is 0 Å². The average molecular weight is 253 g/mol. The van der Waals surface area contributed by atoms with Crippen LogP contribution < -0.4 is 0 Å². The van der Waals surface area contributed by atoms with Crippen LogP contribution in [0.5, 0.6) is 0 Å². The fourth-order valence-corrected chi connectivity index (χ4v) is 2.72. The number of benzene rings is 1. The quantitative estimate of drug-likeness (QED) is 0.773. The minimum absolute atomic E-state index is 0.177. The first-order chi connectivity index (χ1) is 7.81. The molecule has 0 fully saturated rings. The van der Waals surface area contributed by atoms with Crippen LogP contribution in [0.2, 0.25) is 0 Å². The van der Waals surface area contributed by atoms with E-state index in [4.69, 9.17) is 11.6 Å². The molecule has 0 saturated heterocycles. The zero-order chi connectivity index (χ0) is 11.4. The predicted molar refractivity (Wildman–Crippen MR) is 68.0 cm³/mol. The molecule has 1 unspecified atom stereocenters. The highest BCUT2D eigenvalue weighted by Crippen LogP contribution is 2.30. The van der Waals surface area contributed by atoms with Gasteiger partial charge in [0, 0.05) is 6.42 Å². The Morgan fingerprint density at radius 1 is 1.25 bits per heavy atom. The van der Waals surface area contributed by atoms with E-state index in [9.17, 15) is 0 Å². The molecule has 0 bridgehead atoms. The molecular weight excluding hydrogens is 240 g/mol. The van der Waals surface area contributed by atoms with Gasteiger partial charge in [-0.2, -0.15) is 0 Å². The van der Waals surface area contributed by atoms with Gasteiger partial charge in [0.15, 0.2) is 0 Å². The third-order valence-electron chi connectivity index (χ3n) is 2.26. The second-order valence-electron chi connectivity index (χ2n) is 3.56. The molecule has 0 N–H and O–H groups in total. The van der Waals surface area contributed by atoms with Crippen LogP contribution in [-0.4, -0.2) is 10.2 Å². The van der Waals surface area contributed by atoms with Crippen LogP contribution in [0.15, 0.2) is 30.3 Å². The summed E-state index contributed by atoms with van der Waals surface area (Å²) in [7, 11) is 0. The van der Waals surface area contributed by atoms with E-state index in [2.05, 4.69) is 17.1 Å². The molecule has 1 aromatic heterocycles. The summed E-state index contributed by atoms with van der Waals surface area (Å²) in [5.74, 6) is 0. The van der Waals surface area contributed by atoms with Crippen molar-refractivity contribution in [1.82, 2.24) is 10.2 Å². The normalized spacial score (nSPS) is 12.6. The van der Waals surface area contributed by atoms with Crippen LogP contribution in [0.1, 0.15) is 34.3 Å². The van der Waals surface area contributed by atoms with Gasteiger partial charge in [0.25, 0.3) is 0 Å². The van der Waals surface area contributed by atoms with Crippen LogP contribution in [0.3, 0.4) is 0 Å². The van der Waals surface area contributed by atoms with E-state index in [1.807, 2.05) is 30.3 Å². The number of nitrogens with zero attached hydrogens (tertiary/aromatic N) is 2. The van der Waals surface area contributed by atoms with Gasteiger partial charge in [0.05, 0.1) is 0 Å². The lowest BCUT2D eigenvalue weighted by molar-refractivity contribution is 0.867. The van der Waals surface area contributed by atoms with Crippen molar-refractivity contribution in [2.45, 2.75) is 25.1 Å². The van der Waals surface area contributed by atoms with E-state index in [1.165, 1.54) is 0 Å². The first kappa shape index (κ1) is 11.6. The number of aromatic nitrogens is 2. The SMILES string of the molecule is CCCc1nnc(C(Cl)c2ccccc2)s1. The van der Waals surface area contributed by atoms with Crippen molar-refractivity contribution < 1.29 is 0 Å². The van der Waals surface area contributed by atoms with Gasteiger partial charge >= 0.3 is 0 Å². The van der Waals surface area contributed by atoms with E-state index in [0.29, 0.717) is 0 Å². The lowest BCUT2D eigenvalue weighted by Gasteiger charge is -2.04. The van der Waals surface area contributed by atoms with Gasteiger partial charge in [-0.15, -0.1) is 21.8 Å². The van der Waals surface area contributed by atoms with Crippen LogP contribution in [-0.2, 0) is 6.42 Å². The summed E-state index contributed by atoms with van der Waals surface area (Å²) in [6.07, 6.45) is 2.07. The topological polar surface area (TPSA) is 25.8 Å². The molecule has 0 radical (unpaired) electrons. The van der Waals surface area contributed by atoms with Crippen molar-refractivity contribution in [3.63, 3.8) is 0 Å². The molecule has 16 heavy (non-hydrogen) atoms. The van der Waals surface area contributed by atoms with Crippen molar-refractivity contribution in [3.05, 3.63) is 45.9 Å². The average Bonchev–Trinajstić information content (AvgIpc) is 2.78. The van der Waals surface area contributed by atoms with E-state index >= 15 is 0 Å². The molecule has 0 aliphatic heterocycles. The largest absolute Gasteiger partial charge is 0.143 e. The van der Waals surface area contributed by atoms with Crippen molar-refractivity contribution in [1.29, 1.82) is 0 Å². The van der Waals surface area contributed by atoms with Crippen molar-refractivity contribution in [3.8, 4) is 0 Å². The minimum Gasteiger partial charge on any atom is -0.143 e. The summed E-state index contributed by atoms with van der Waals surface area (Å²) in [6, 6.07) is 9.98. The van der Waals surface area contributed by atoms with Crippen molar-refractivity contribution in [2.24, 2.45) is 0 Å². The standard InChI is InChI=1S/C12H13ClN2S/c1-2-6-10-14-15-12(16-10)11(13)9-7-4-3-5-8-9/h3-5,7-8,11H,2,6H2,1H3. The van der Waals surface area contributed by atoms with Crippen LogP contribution >= 0.6 is 22.9 Å². The molecule has 1 aromatic carbocycles. The number of hydrogen-bond donors (Lipinski definition) is 0. The Morgan fingerprint density at radius 3 is 2.69 bits per heavy atom. The monoisotopic (exact) mass is 252 g/mol. The summed E-state index contributed by atoms with van der Waals surface area (Å²) >= 11 is 7.96. The number of hydrogen-bond acceptors (Lipinski definition) is 3. The number of aryl methyl sites for hydroxylation is 1. The molecule has 0 saturated carbocycles. The second kappa shape index (κ2) is 5.41. The summed E-state index contributed by atoms with van der Waals surface area (Å²) in [6.45, 7) is 2.14. The Hall–Kier alpha value is -0.930. The Kier molecular flexibility index (Phi) is 3.91. The zero-order valence-corrected chi connectivity index (χ0v) is 10.6. The Balaban J connectivity index is 2.17. The maximum atomic E-state index is 6.35. The maximum absolute atomic E-state index is 6.35. The molecular formula is C12H13ClN2S. The van der Waals surface area contributed by atoms with E-state index in [0.717, 1.165) is 28.4 Å². The molecule has 0 aliphatic carbocycles. The number of rotatable bonds is 4. The smallest absolute Gasteiger partial charge is 0.139 e. The van der Waals surface area contributed by atoms with E-state index in [1.54, 1.807) is 11.3 Å². The van der Waals surface area contributed by atoms with Crippen LogP contribution in [0.4, 0.5) is 0 Å². The second-order valence-corrected chi connectivity index (χ2v) is 5.09. The summed E-state index contributed by atoms with van der Waals surface area (Å²) in [4.78, 5) is 0. The molecule has 0 spiro atoms. The molecule has 2 aromatic rings. The Morgan fingerprint density at radius 2 is 2.00 bits per heavy atom. The first-order valence-electron chi connectivity index (χ1n) is 5.32. The highest BCUT2D eigenvalue weighted by molar-refractivity contribution is 7.11. The summed E-state index contributed by atoms with van der Waals surface area (Å²) < 4.78 is 0. The van der Waals surface area contributed by atoms with Gasteiger partial charge in [-0.3, -0.25) is 0 Å². The molecule has 84 valence electrons. The molecule has 0 aliphatic rings. The molecule has 0 amide bonds. The van der Waals surface area contributed by atoms with Gasteiger partial charge in [-0.1, -0.05) is 48.6 Å². The fraction of sp³-hybridized carbons (Fsp3) is 0.333. The van der Waals surface area contributed by atoms with Gasteiger partial charge in [-0.25, -0.2) is 0 Å². The third kappa shape index (κ3) is 2.60. The molecule has 4 heteroatoms. The lowest BCUT2D eigenvalue weighted by atomic mass is 10.1. The summed E-state index contributed by atoms with van der Waals surface area (Å²) in [5, 5.41) is 10.1. The van der Waals surface area contributed by atoms with E-state index in [-0.39, 0.29) is 5.38 Å². The number of alkyl halides is 1. The molecule has 2 nitrogen and oxygen atoms in total. The van der Waals surface area contributed by atoms with Gasteiger partial charge < -0.3 is 0 Å². The predicted octanol–water partition coefficient (Wildman–Crippen LogP) is 3.82. The first-order valence-corrected chi connectivity index (χ1v) is 6.58. The van der Waals surface area contributed by atoms with Crippen LogP contribution in [0.25, 0.3) is 0 Å². The molecule has 1 heterocycles. The Labute approximate surface area is 104 Å². The third-order valence-corrected chi connectivity index (χ3v) is 3.89. The maximum Gasteiger partial charge on any atom is 0.139 e. The molecule has 2 rings (SSSR count). The highest BCUT2D eigenvalue weighted by atomic mass is 35.5. The zero-order valence-electron chi connectivity index (χ0n) is 9.06. The number of halogens is 1. The highest BCUT2D eigenvalue weighted by Gasteiger charge is 2.15. The van der Waals surface area contributed by atoms with Crippen LogP contribution in [0, 0.1) is 0 Å². The molecule has 1 atom stereocenters. The lowest BCUT2D eigenvalue weighted by Crippen LogP contribution is -1.91. The fourth-order valence-electron chi connectivity index (χ4n) is 1.45. The van der Waals surface area contributed by atoms with Gasteiger partial charge in [0.2, 0.25) is 0 Å². The van der Waals surface area contributed by atoms with Crippen molar-refractivity contribution >= 4 is 22.9 Å². The van der Waals surface area contributed by atoms with Gasteiger partial charge in [-0.05, 0) is 12.0 Å². The summed E-state index contributed by atoms with van der Waals surface area (Å²) in [5.41, 5.74) is 1.07. The van der Waals surface area contributed by atoms with Gasteiger partial charge in [0.1, 0.15) is 15.4 Å².